The molecule has 8 aliphatic rings. The lowest BCUT2D eigenvalue weighted by Gasteiger charge is -2.57. The van der Waals surface area contributed by atoms with E-state index in [4.69, 9.17) is 0 Å². The number of rotatable bonds is 8. The van der Waals surface area contributed by atoms with E-state index in [2.05, 4.69) is 157 Å². The van der Waals surface area contributed by atoms with Gasteiger partial charge in [-0.25, -0.2) is 0 Å². The average molecular weight is 742 g/mol. The van der Waals surface area contributed by atoms with E-state index in [-0.39, 0.29) is 10.8 Å². The third kappa shape index (κ3) is 5.86. The van der Waals surface area contributed by atoms with Gasteiger partial charge in [-0.3, -0.25) is 0 Å². The first-order valence-electron chi connectivity index (χ1n) is 22.4. The smallest absolute Gasteiger partial charge is 0.0464 e. The molecule has 57 heavy (non-hydrogen) atoms. The highest BCUT2D eigenvalue weighted by Gasteiger charge is 2.54. The van der Waals surface area contributed by atoms with Crippen molar-refractivity contribution in [2.24, 2.45) is 35.5 Å². The molecule has 0 saturated heterocycles. The van der Waals surface area contributed by atoms with Gasteiger partial charge in [-0.15, -0.1) is 0 Å². The van der Waals surface area contributed by atoms with E-state index in [0.717, 1.165) is 35.5 Å². The highest BCUT2D eigenvalue weighted by atomic mass is 15.1. The number of nitrogens with zero attached hydrogens (tertiary/aromatic N) is 1. The Morgan fingerprint density at radius 3 is 1.00 bits per heavy atom. The van der Waals surface area contributed by atoms with Crippen molar-refractivity contribution >= 4 is 17.1 Å². The van der Waals surface area contributed by atoms with E-state index >= 15 is 0 Å². The Balaban J connectivity index is 1.05. The molecule has 0 spiro atoms. The van der Waals surface area contributed by atoms with Crippen LogP contribution < -0.4 is 4.90 Å². The lowest BCUT2D eigenvalue weighted by atomic mass is 9.47. The standard InChI is InChI=1S/C56H55N/c1-4-10-44(11-5-1)45-16-18-48(19-17-45)57(49-20-22-51(46-12-6-2-7-13-46)53(30-49)55-32-38-24-39(33-55)26-40(25-38)34-55)50-21-23-52(47-14-8-3-9-15-47)54(31-50)56-35-41-27-42(36-56)29-43(28-41)37-56/h1-23,30-31,38-43H,24-29,32-37H2. The van der Waals surface area contributed by atoms with Crippen LogP contribution in [-0.4, -0.2) is 0 Å². The van der Waals surface area contributed by atoms with Gasteiger partial charge in [0.1, 0.15) is 0 Å². The zero-order valence-corrected chi connectivity index (χ0v) is 33.3. The normalized spacial score (nSPS) is 30.5. The highest BCUT2D eigenvalue weighted by Crippen LogP contribution is 2.64. The van der Waals surface area contributed by atoms with Crippen molar-refractivity contribution in [3.8, 4) is 33.4 Å². The zero-order valence-electron chi connectivity index (χ0n) is 33.3. The lowest BCUT2D eigenvalue weighted by molar-refractivity contribution is -0.00500. The maximum Gasteiger partial charge on any atom is 0.0464 e. The van der Waals surface area contributed by atoms with Crippen LogP contribution in [0.5, 0.6) is 0 Å². The molecule has 284 valence electrons. The predicted octanol–water partition coefficient (Wildman–Crippen LogP) is 15.1. The first kappa shape index (κ1) is 34.2. The molecule has 0 atom stereocenters. The topological polar surface area (TPSA) is 3.24 Å². The Bertz CT molecular complexity index is 2210. The Hall–Kier alpha value is -4.88. The van der Waals surface area contributed by atoms with Gasteiger partial charge in [0, 0.05) is 17.1 Å². The molecule has 14 rings (SSSR count). The van der Waals surface area contributed by atoms with Crippen molar-refractivity contribution < 1.29 is 0 Å². The lowest BCUT2D eigenvalue weighted by Crippen LogP contribution is -2.48. The molecule has 1 heteroatoms. The first-order valence-corrected chi connectivity index (χ1v) is 22.4. The molecule has 0 amide bonds. The monoisotopic (exact) mass is 741 g/mol. The van der Waals surface area contributed by atoms with Crippen molar-refractivity contribution in [2.45, 2.75) is 87.9 Å². The minimum absolute atomic E-state index is 0.264. The van der Waals surface area contributed by atoms with Crippen molar-refractivity contribution in [3.63, 3.8) is 0 Å². The number of anilines is 3. The molecule has 0 N–H and O–H groups in total. The van der Waals surface area contributed by atoms with Gasteiger partial charge in [0.2, 0.25) is 0 Å². The summed E-state index contributed by atoms with van der Waals surface area (Å²) in [6.07, 6.45) is 16.9. The molecule has 8 saturated carbocycles. The largest absolute Gasteiger partial charge is 0.310 e. The average Bonchev–Trinajstić information content (AvgIpc) is 3.24. The molecule has 0 unspecified atom stereocenters. The SMILES string of the molecule is c1ccc(-c2ccc(N(c3ccc(-c4ccccc4)c(C45CC6CC(CC(C6)C4)C5)c3)c3ccc(-c4ccccc4)c(C45CC6CC(CC(C6)C4)C5)c3)cc2)cc1. The van der Waals surface area contributed by atoms with Gasteiger partial charge in [-0.05, 0) is 204 Å². The summed E-state index contributed by atoms with van der Waals surface area (Å²) in [5.41, 5.74) is 15.8. The van der Waals surface area contributed by atoms with E-state index in [9.17, 15) is 0 Å². The minimum Gasteiger partial charge on any atom is -0.310 e. The Labute approximate surface area is 340 Å². The van der Waals surface area contributed by atoms with E-state index in [0.29, 0.717) is 0 Å². The van der Waals surface area contributed by atoms with Gasteiger partial charge in [0.25, 0.3) is 0 Å². The second-order valence-corrected chi connectivity index (χ2v) is 19.8. The second kappa shape index (κ2) is 13.3. The zero-order chi connectivity index (χ0) is 37.6. The van der Waals surface area contributed by atoms with Crippen LogP contribution in [0.2, 0.25) is 0 Å². The van der Waals surface area contributed by atoms with Crippen molar-refractivity contribution in [1.82, 2.24) is 0 Å². The van der Waals surface area contributed by atoms with E-state index in [1.54, 1.807) is 11.1 Å². The molecule has 6 aromatic rings. The van der Waals surface area contributed by atoms with Crippen molar-refractivity contribution in [2.75, 3.05) is 4.90 Å². The summed E-state index contributed by atoms with van der Waals surface area (Å²) < 4.78 is 0. The second-order valence-electron chi connectivity index (χ2n) is 19.8. The summed E-state index contributed by atoms with van der Waals surface area (Å²) in [6.45, 7) is 0. The molecule has 8 aliphatic carbocycles. The number of hydrogen-bond donors (Lipinski definition) is 0. The van der Waals surface area contributed by atoms with Crippen LogP contribution in [0.1, 0.15) is 88.2 Å². The molecular formula is C56H55N. The molecule has 8 bridgehead atoms. The maximum absolute atomic E-state index is 2.68. The summed E-state index contributed by atoms with van der Waals surface area (Å²) in [4.78, 5) is 2.63. The minimum atomic E-state index is 0.264. The van der Waals surface area contributed by atoms with Crippen LogP contribution in [0.25, 0.3) is 33.4 Å². The first-order chi connectivity index (χ1) is 28.1. The highest BCUT2D eigenvalue weighted by molar-refractivity contribution is 5.84. The molecule has 6 aromatic carbocycles. The van der Waals surface area contributed by atoms with Crippen LogP contribution >= 0.6 is 0 Å². The molecule has 0 aliphatic heterocycles. The summed E-state index contributed by atoms with van der Waals surface area (Å²) >= 11 is 0. The molecule has 1 nitrogen and oxygen atoms in total. The van der Waals surface area contributed by atoms with Crippen molar-refractivity contribution in [3.05, 3.63) is 163 Å². The Morgan fingerprint density at radius 2 is 0.632 bits per heavy atom. The van der Waals surface area contributed by atoms with Crippen LogP contribution in [0.4, 0.5) is 17.1 Å². The third-order valence-electron chi connectivity index (χ3n) is 16.1. The molecule has 8 fully saturated rings. The maximum atomic E-state index is 2.68. The molecule has 0 radical (unpaired) electrons. The Morgan fingerprint density at radius 1 is 0.316 bits per heavy atom. The van der Waals surface area contributed by atoms with Crippen LogP contribution in [0, 0.1) is 35.5 Å². The molecule has 0 heterocycles. The summed E-state index contributed by atoms with van der Waals surface area (Å²) in [6, 6.07) is 58.2. The summed E-state index contributed by atoms with van der Waals surface area (Å²) in [5, 5.41) is 0. The van der Waals surface area contributed by atoms with Gasteiger partial charge in [-0.2, -0.15) is 0 Å². The summed E-state index contributed by atoms with van der Waals surface area (Å²) in [7, 11) is 0. The van der Waals surface area contributed by atoms with E-state index in [1.165, 1.54) is 127 Å². The van der Waals surface area contributed by atoms with Gasteiger partial charge < -0.3 is 4.90 Å². The molecular weight excluding hydrogens is 687 g/mol. The third-order valence-corrected chi connectivity index (χ3v) is 16.1. The van der Waals surface area contributed by atoms with Gasteiger partial charge in [0.15, 0.2) is 0 Å². The van der Waals surface area contributed by atoms with Crippen LogP contribution in [0.15, 0.2) is 152 Å². The van der Waals surface area contributed by atoms with Crippen LogP contribution in [-0.2, 0) is 10.8 Å². The fraction of sp³-hybridized carbons (Fsp3) is 0.357. The van der Waals surface area contributed by atoms with Crippen molar-refractivity contribution in [1.29, 1.82) is 0 Å². The quantitative estimate of drug-likeness (QED) is 0.150. The predicted molar refractivity (Wildman–Crippen MR) is 237 cm³/mol. The van der Waals surface area contributed by atoms with Crippen LogP contribution in [0.3, 0.4) is 0 Å². The number of hydrogen-bond acceptors (Lipinski definition) is 1. The number of benzene rings is 6. The van der Waals surface area contributed by atoms with Gasteiger partial charge >= 0.3 is 0 Å². The van der Waals surface area contributed by atoms with Gasteiger partial charge in [-0.1, -0.05) is 115 Å². The fourth-order valence-electron chi connectivity index (χ4n) is 14.7. The van der Waals surface area contributed by atoms with Gasteiger partial charge in [0.05, 0.1) is 0 Å². The Kier molecular flexibility index (Phi) is 8.00. The molecule has 0 aromatic heterocycles. The van der Waals surface area contributed by atoms with E-state index in [1.807, 2.05) is 0 Å². The van der Waals surface area contributed by atoms with E-state index < -0.39 is 0 Å². The fourth-order valence-corrected chi connectivity index (χ4v) is 14.7. The summed E-state index contributed by atoms with van der Waals surface area (Å²) in [5.74, 6) is 5.33.